The first-order valence-electron chi connectivity index (χ1n) is 6.92. The van der Waals surface area contributed by atoms with Gasteiger partial charge in [-0.25, -0.2) is 0 Å². The van der Waals surface area contributed by atoms with Gasteiger partial charge in [-0.05, 0) is 22.9 Å². The van der Waals surface area contributed by atoms with Gasteiger partial charge in [0, 0.05) is 5.56 Å². The van der Waals surface area contributed by atoms with Gasteiger partial charge in [-0.2, -0.15) is 0 Å². The summed E-state index contributed by atoms with van der Waals surface area (Å²) in [6.07, 6.45) is 0. The first kappa shape index (κ1) is 14.9. The van der Waals surface area contributed by atoms with Crippen molar-refractivity contribution in [2.45, 2.75) is 19.8 Å². The van der Waals surface area contributed by atoms with E-state index in [9.17, 15) is 4.79 Å². The summed E-state index contributed by atoms with van der Waals surface area (Å²) in [6.45, 7) is 4.33. The summed E-state index contributed by atoms with van der Waals surface area (Å²) < 4.78 is 0. The highest BCUT2D eigenvalue weighted by Gasteiger charge is 2.12. The maximum atomic E-state index is 12.0. The molecule has 0 aliphatic heterocycles. The monoisotopic (exact) mass is 329 g/mol. The lowest BCUT2D eigenvalue weighted by Crippen LogP contribution is -2.09. The molecule has 2 heterocycles. The molecule has 0 saturated carbocycles. The number of thiophene rings is 1. The zero-order chi connectivity index (χ0) is 15.5. The average molecular weight is 329 g/mol. The minimum absolute atomic E-state index is 0.146. The van der Waals surface area contributed by atoms with E-state index in [-0.39, 0.29) is 5.91 Å². The topological polar surface area (TPSA) is 54.9 Å². The number of anilines is 1. The van der Waals surface area contributed by atoms with Gasteiger partial charge in [0.05, 0.1) is 4.88 Å². The predicted octanol–water partition coefficient (Wildman–Crippen LogP) is 4.64. The fourth-order valence-corrected chi connectivity index (χ4v) is 3.33. The SMILES string of the molecule is CC(C)c1ccc(-c2nnc(NC(=O)c3cccs3)s2)cc1. The van der Waals surface area contributed by atoms with Crippen LogP contribution in [-0.2, 0) is 0 Å². The highest BCUT2D eigenvalue weighted by atomic mass is 32.1. The summed E-state index contributed by atoms with van der Waals surface area (Å²) in [7, 11) is 0. The van der Waals surface area contributed by atoms with Gasteiger partial charge in [0.2, 0.25) is 5.13 Å². The molecule has 0 unspecified atom stereocenters. The van der Waals surface area contributed by atoms with E-state index in [0.717, 1.165) is 10.6 Å². The third-order valence-electron chi connectivity index (χ3n) is 3.21. The molecule has 0 saturated heterocycles. The molecular formula is C16H15N3OS2. The Labute approximate surface area is 136 Å². The van der Waals surface area contributed by atoms with Crippen LogP contribution in [0.3, 0.4) is 0 Å². The number of hydrogen-bond acceptors (Lipinski definition) is 5. The smallest absolute Gasteiger partial charge is 0.267 e. The standard InChI is InChI=1S/C16H15N3OS2/c1-10(2)11-5-7-12(8-6-11)15-18-19-16(22-15)17-14(20)13-4-3-9-21-13/h3-10H,1-2H3,(H,17,19,20). The Morgan fingerprint density at radius 1 is 1.14 bits per heavy atom. The molecule has 1 N–H and O–H groups in total. The number of rotatable bonds is 4. The molecule has 4 nitrogen and oxygen atoms in total. The van der Waals surface area contributed by atoms with E-state index in [1.807, 2.05) is 23.6 Å². The molecule has 0 fully saturated rings. The first-order valence-corrected chi connectivity index (χ1v) is 8.62. The largest absolute Gasteiger partial charge is 0.296 e. The second-order valence-corrected chi connectivity index (χ2v) is 7.05. The zero-order valence-corrected chi connectivity index (χ0v) is 13.9. The van der Waals surface area contributed by atoms with E-state index in [2.05, 4.69) is 41.5 Å². The summed E-state index contributed by atoms with van der Waals surface area (Å²) in [5.74, 6) is 0.358. The number of benzene rings is 1. The lowest BCUT2D eigenvalue weighted by Gasteiger charge is -2.04. The average Bonchev–Trinajstić information content (AvgIpc) is 3.19. The summed E-state index contributed by atoms with van der Waals surface area (Å²) in [5.41, 5.74) is 2.30. The number of nitrogens with zero attached hydrogens (tertiary/aromatic N) is 2. The molecule has 0 aliphatic carbocycles. The van der Waals surface area contributed by atoms with Gasteiger partial charge in [-0.3, -0.25) is 10.1 Å². The number of carbonyl (C=O) groups excluding carboxylic acids is 1. The number of hydrogen-bond donors (Lipinski definition) is 1. The van der Waals surface area contributed by atoms with Gasteiger partial charge >= 0.3 is 0 Å². The molecule has 1 aromatic carbocycles. The van der Waals surface area contributed by atoms with Gasteiger partial charge in [0.15, 0.2) is 0 Å². The van der Waals surface area contributed by atoms with Crippen LogP contribution in [0.25, 0.3) is 10.6 Å². The van der Waals surface area contributed by atoms with Gasteiger partial charge in [0.25, 0.3) is 5.91 Å². The molecule has 22 heavy (non-hydrogen) atoms. The van der Waals surface area contributed by atoms with Crippen LogP contribution in [0.15, 0.2) is 41.8 Å². The molecule has 3 aromatic rings. The van der Waals surface area contributed by atoms with E-state index in [1.54, 1.807) is 6.07 Å². The highest BCUT2D eigenvalue weighted by molar-refractivity contribution is 7.18. The Morgan fingerprint density at radius 2 is 1.91 bits per heavy atom. The van der Waals surface area contributed by atoms with E-state index in [4.69, 9.17) is 0 Å². The van der Waals surface area contributed by atoms with E-state index in [1.165, 1.54) is 28.2 Å². The predicted molar refractivity (Wildman–Crippen MR) is 91.7 cm³/mol. The van der Waals surface area contributed by atoms with Crippen molar-refractivity contribution in [3.63, 3.8) is 0 Å². The lowest BCUT2D eigenvalue weighted by molar-refractivity contribution is 0.103. The van der Waals surface area contributed by atoms with Crippen LogP contribution < -0.4 is 5.32 Å². The number of amides is 1. The van der Waals surface area contributed by atoms with E-state index >= 15 is 0 Å². The first-order chi connectivity index (χ1) is 10.6. The van der Waals surface area contributed by atoms with Crippen LogP contribution in [0, 0.1) is 0 Å². The van der Waals surface area contributed by atoms with Crippen LogP contribution in [-0.4, -0.2) is 16.1 Å². The maximum absolute atomic E-state index is 12.0. The van der Waals surface area contributed by atoms with Crippen molar-refractivity contribution >= 4 is 33.7 Å². The van der Waals surface area contributed by atoms with Crippen molar-refractivity contribution in [1.29, 1.82) is 0 Å². The molecule has 0 bridgehead atoms. The Morgan fingerprint density at radius 3 is 2.55 bits per heavy atom. The van der Waals surface area contributed by atoms with Gasteiger partial charge < -0.3 is 0 Å². The summed E-state index contributed by atoms with van der Waals surface area (Å²) >= 11 is 2.78. The summed E-state index contributed by atoms with van der Waals surface area (Å²) in [5, 5.41) is 14.2. The third-order valence-corrected chi connectivity index (χ3v) is 4.97. The molecule has 3 rings (SSSR count). The zero-order valence-electron chi connectivity index (χ0n) is 12.2. The van der Waals surface area contributed by atoms with Gasteiger partial charge in [-0.1, -0.05) is 55.5 Å². The second kappa shape index (κ2) is 6.37. The van der Waals surface area contributed by atoms with Crippen molar-refractivity contribution < 1.29 is 4.79 Å². The molecule has 0 aliphatic rings. The number of nitrogens with one attached hydrogen (secondary N) is 1. The van der Waals surface area contributed by atoms with Crippen molar-refractivity contribution in [3.05, 3.63) is 52.2 Å². The minimum Gasteiger partial charge on any atom is -0.296 e. The molecule has 6 heteroatoms. The molecule has 0 spiro atoms. The van der Waals surface area contributed by atoms with Crippen LogP contribution in [0.2, 0.25) is 0 Å². The molecule has 1 amide bonds. The van der Waals surface area contributed by atoms with E-state index < -0.39 is 0 Å². The van der Waals surface area contributed by atoms with Crippen molar-refractivity contribution in [2.24, 2.45) is 0 Å². The van der Waals surface area contributed by atoms with Crippen LogP contribution in [0.4, 0.5) is 5.13 Å². The third kappa shape index (κ3) is 3.23. The Balaban J connectivity index is 1.74. The summed E-state index contributed by atoms with van der Waals surface area (Å²) in [6, 6.07) is 11.9. The fraction of sp³-hybridized carbons (Fsp3) is 0.188. The van der Waals surface area contributed by atoms with Crippen molar-refractivity contribution in [3.8, 4) is 10.6 Å². The van der Waals surface area contributed by atoms with Crippen molar-refractivity contribution in [2.75, 3.05) is 5.32 Å². The minimum atomic E-state index is -0.146. The Kier molecular flexibility index (Phi) is 4.31. The number of aromatic nitrogens is 2. The molecule has 0 radical (unpaired) electrons. The Hall–Kier alpha value is -2.05. The molecule has 0 atom stereocenters. The second-order valence-electron chi connectivity index (χ2n) is 5.12. The summed E-state index contributed by atoms with van der Waals surface area (Å²) in [4.78, 5) is 12.6. The molecule has 2 aromatic heterocycles. The normalized spacial score (nSPS) is 10.9. The number of carbonyl (C=O) groups is 1. The quantitative estimate of drug-likeness (QED) is 0.758. The lowest BCUT2D eigenvalue weighted by atomic mass is 10.0. The van der Waals surface area contributed by atoms with Gasteiger partial charge in [0.1, 0.15) is 5.01 Å². The maximum Gasteiger partial charge on any atom is 0.267 e. The van der Waals surface area contributed by atoms with Gasteiger partial charge in [-0.15, -0.1) is 21.5 Å². The highest BCUT2D eigenvalue weighted by Crippen LogP contribution is 2.28. The van der Waals surface area contributed by atoms with Crippen LogP contribution in [0.1, 0.15) is 35.0 Å². The fourth-order valence-electron chi connectivity index (χ4n) is 1.97. The van der Waals surface area contributed by atoms with Crippen molar-refractivity contribution in [1.82, 2.24) is 10.2 Å². The van der Waals surface area contributed by atoms with Crippen LogP contribution in [0.5, 0.6) is 0 Å². The van der Waals surface area contributed by atoms with E-state index in [0.29, 0.717) is 15.9 Å². The molecule has 112 valence electrons. The Bertz CT molecular complexity index is 761. The van der Waals surface area contributed by atoms with Crippen LogP contribution >= 0.6 is 22.7 Å². The molecular weight excluding hydrogens is 314 g/mol.